The number of ketones is 1. The van der Waals surface area contributed by atoms with E-state index in [1.807, 2.05) is 26.8 Å². The summed E-state index contributed by atoms with van der Waals surface area (Å²) in [6, 6.07) is 10.7. The summed E-state index contributed by atoms with van der Waals surface area (Å²) in [5.41, 5.74) is 1.38. The molecule has 0 radical (unpaired) electrons. The molecule has 1 aromatic heterocycles. The monoisotopic (exact) mass is 384 g/mol. The molecule has 1 amide bonds. The summed E-state index contributed by atoms with van der Waals surface area (Å²) in [6.07, 6.45) is 2.87. The van der Waals surface area contributed by atoms with E-state index in [4.69, 9.17) is 9.47 Å². The van der Waals surface area contributed by atoms with Crippen LogP contribution in [0.1, 0.15) is 56.0 Å². The summed E-state index contributed by atoms with van der Waals surface area (Å²) in [4.78, 5) is 28.6. The second-order valence-corrected chi connectivity index (χ2v) is 6.71. The Morgan fingerprint density at radius 3 is 2.54 bits per heavy atom. The molecule has 2 rings (SSSR count). The number of hydrogen-bond donors (Lipinski definition) is 1. The normalized spacial score (nSPS) is 10.6. The van der Waals surface area contributed by atoms with Gasteiger partial charge in [0.05, 0.1) is 12.7 Å². The summed E-state index contributed by atoms with van der Waals surface area (Å²) in [7, 11) is 0. The average Bonchev–Trinajstić information content (AvgIpc) is 2.69. The lowest BCUT2D eigenvalue weighted by Gasteiger charge is -2.13. The van der Waals surface area contributed by atoms with E-state index < -0.39 is 0 Å². The SMILES string of the molecule is CCCOc1ccc(C(=O)CCC(=O)NCc2cccnc2OC(C)C)cc1. The number of hydrogen-bond acceptors (Lipinski definition) is 5. The first-order valence-electron chi connectivity index (χ1n) is 9.63. The molecule has 6 nitrogen and oxygen atoms in total. The highest BCUT2D eigenvalue weighted by atomic mass is 16.5. The smallest absolute Gasteiger partial charge is 0.220 e. The minimum absolute atomic E-state index is 0.000680. The zero-order valence-corrected chi connectivity index (χ0v) is 16.7. The second-order valence-electron chi connectivity index (χ2n) is 6.71. The van der Waals surface area contributed by atoms with Crippen LogP contribution >= 0.6 is 0 Å². The number of amides is 1. The topological polar surface area (TPSA) is 77.5 Å². The standard InChI is InChI=1S/C22H28N2O4/c1-4-14-27-19-9-7-17(8-10-19)20(25)11-12-21(26)24-15-18-6-5-13-23-22(18)28-16(2)3/h5-10,13,16H,4,11-12,14-15H2,1-3H3,(H,24,26). The molecule has 2 aromatic rings. The third kappa shape index (κ3) is 7.02. The van der Waals surface area contributed by atoms with Crippen molar-refractivity contribution in [1.82, 2.24) is 10.3 Å². The summed E-state index contributed by atoms with van der Waals surface area (Å²) in [5, 5.41) is 2.82. The lowest BCUT2D eigenvalue weighted by Crippen LogP contribution is -2.24. The highest BCUT2D eigenvalue weighted by Crippen LogP contribution is 2.16. The first kappa shape index (κ1) is 21.4. The van der Waals surface area contributed by atoms with Gasteiger partial charge in [-0.25, -0.2) is 4.98 Å². The minimum atomic E-state index is -0.185. The van der Waals surface area contributed by atoms with Crippen LogP contribution in [0.5, 0.6) is 11.6 Å². The fraction of sp³-hybridized carbons (Fsp3) is 0.409. The van der Waals surface area contributed by atoms with Crippen LogP contribution in [0, 0.1) is 0 Å². The van der Waals surface area contributed by atoms with E-state index in [9.17, 15) is 9.59 Å². The highest BCUT2D eigenvalue weighted by molar-refractivity contribution is 5.98. The third-order valence-electron chi connectivity index (χ3n) is 3.90. The second kappa shape index (κ2) is 11.1. The summed E-state index contributed by atoms with van der Waals surface area (Å²) < 4.78 is 11.1. The molecule has 150 valence electrons. The quantitative estimate of drug-likeness (QED) is 0.594. The summed E-state index contributed by atoms with van der Waals surface area (Å²) in [5.74, 6) is 1.00. The van der Waals surface area contributed by atoms with E-state index in [0.717, 1.165) is 17.7 Å². The van der Waals surface area contributed by atoms with Crippen LogP contribution in [-0.2, 0) is 11.3 Å². The molecular formula is C22H28N2O4. The summed E-state index contributed by atoms with van der Waals surface area (Å²) >= 11 is 0. The molecule has 0 saturated carbocycles. The number of rotatable bonds is 11. The van der Waals surface area contributed by atoms with Crippen LogP contribution in [0.2, 0.25) is 0 Å². The van der Waals surface area contributed by atoms with Gasteiger partial charge in [-0.05, 0) is 50.6 Å². The van der Waals surface area contributed by atoms with E-state index in [2.05, 4.69) is 10.3 Å². The van der Waals surface area contributed by atoms with Gasteiger partial charge in [0.1, 0.15) is 5.75 Å². The number of pyridine rings is 1. The van der Waals surface area contributed by atoms with Crippen LogP contribution < -0.4 is 14.8 Å². The average molecular weight is 384 g/mol. The minimum Gasteiger partial charge on any atom is -0.494 e. The lowest BCUT2D eigenvalue weighted by molar-refractivity contribution is -0.121. The maximum absolute atomic E-state index is 12.3. The van der Waals surface area contributed by atoms with Crippen LogP contribution in [-0.4, -0.2) is 29.4 Å². The Balaban J connectivity index is 1.80. The molecule has 0 saturated heterocycles. The van der Waals surface area contributed by atoms with Crippen molar-refractivity contribution in [3.05, 3.63) is 53.7 Å². The molecule has 1 aromatic carbocycles. The molecule has 6 heteroatoms. The predicted octanol–water partition coefficient (Wildman–Crippen LogP) is 3.94. The Hall–Kier alpha value is -2.89. The summed E-state index contributed by atoms with van der Waals surface area (Å²) in [6.45, 7) is 6.84. The van der Waals surface area contributed by atoms with Crippen LogP contribution in [0.4, 0.5) is 0 Å². The zero-order valence-electron chi connectivity index (χ0n) is 16.7. The molecule has 1 heterocycles. The van der Waals surface area contributed by atoms with Gasteiger partial charge in [0.2, 0.25) is 11.8 Å². The van der Waals surface area contributed by atoms with E-state index in [1.54, 1.807) is 36.5 Å². The van der Waals surface area contributed by atoms with Crippen molar-refractivity contribution in [1.29, 1.82) is 0 Å². The van der Waals surface area contributed by atoms with E-state index in [0.29, 0.717) is 24.6 Å². The largest absolute Gasteiger partial charge is 0.494 e. The third-order valence-corrected chi connectivity index (χ3v) is 3.90. The lowest BCUT2D eigenvalue weighted by atomic mass is 10.1. The van der Waals surface area contributed by atoms with Crippen molar-refractivity contribution in [3.8, 4) is 11.6 Å². The van der Waals surface area contributed by atoms with E-state index in [1.165, 1.54) is 0 Å². The van der Waals surface area contributed by atoms with Gasteiger partial charge in [-0.2, -0.15) is 0 Å². The van der Waals surface area contributed by atoms with Gasteiger partial charge in [0.25, 0.3) is 0 Å². The molecule has 0 fully saturated rings. The van der Waals surface area contributed by atoms with E-state index in [-0.39, 0.29) is 30.6 Å². The Morgan fingerprint density at radius 1 is 1.11 bits per heavy atom. The first-order valence-corrected chi connectivity index (χ1v) is 9.63. The molecule has 0 aliphatic rings. The van der Waals surface area contributed by atoms with Gasteiger partial charge < -0.3 is 14.8 Å². The molecule has 28 heavy (non-hydrogen) atoms. The molecular weight excluding hydrogens is 356 g/mol. The predicted molar refractivity (Wildman–Crippen MR) is 108 cm³/mol. The van der Waals surface area contributed by atoms with Crippen molar-refractivity contribution in [2.75, 3.05) is 6.61 Å². The fourth-order valence-electron chi connectivity index (χ4n) is 2.50. The first-order chi connectivity index (χ1) is 13.5. The van der Waals surface area contributed by atoms with Gasteiger partial charge in [0, 0.05) is 36.7 Å². The number of nitrogens with zero attached hydrogens (tertiary/aromatic N) is 1. The molecule has 1 N–H and O–H groups in total. The van der Waals surface area contributed by atoms with Gasteiger partial charge >= 0.3 is 0 Å². The molecule has 0 atom stereocenters. The number of Topliss-reactive ketones (excluding diaryl/α,β-unsaturated/α-hetero) is 1. The zero-order chi connectivity index (χ0) is 20.4. The molecule has 0 unspecified atom stereocenters. The maximum Gasteiger partial charge on any atom is 0.220 e. The number of ether oxygens (including phenoxy) is 2. The number of nitrogens with one attached hydrogen (secondary N) is 1. The Labute approximate surface area is 166 Å². The van der Waals surface area contributed by atoms with Gasteiger partial charge in [-0.3, -0.25) is 9.59 Å². The Morgan fingerprint density at radius 2 is 1.86 bits per heavy atom. The van der Waals surface area contributed by atoms with Crippen molar-refractivity contribution in [2.24, 2.45) is 0 Å². The number of aromatic nitrogens is 1. The molecule has 0 spiro atoms. The number of benzene rings is 1. The molecule has 0 bridgehead atoms. The van der Waals surface area contributed by atoms with Gasteiger partial charge in [-0.1, -0.05) is 13.0 Å². The van der Waals surface area contributed by atoms with Crippen molar-refractivity contribution >= 4 is 11.7 Å². The van der Waals surface area contributed by atoms with Crippen molar-refractivity contribution in [3.63, 3.8) is 0 Å². The van der Waals surface area contributed by atoms with Crippen LogP contribution in [0.15, 0.2) is 42.6 Å². The fourth-order valence-corrected chi connectivity index (χ4v) is 2.50. The van der Waals surface area contributed by atoms with Gasteiger partial charge in [0.15, 0.2) is 5.78 Å². The van der Waals surface area contributed by atoms with Crippen LogP contribution in [0.25, 0.3) is 0 Å². The van der Waals surface area contributed by atoms with Gasteiger partial charge in [-0.15, -0.1) is 0 Å². The van der Waals surface area contributed by atoms with E-state index >= 15 is 0 Å². The number of carbonyl (C=O) groups is 2. The Kier molecular flexibility index (Phi) is 8.46. The van der Waals surface area contributed by atoms with Crippen molar-refractivity contribution < 1.29 is 19.1 Å². The maximum atomic E-state index is 12.3. The molecule has 0 aliphatic heterocycles. The highest BCUT2D eigenvalue weighted by Gasteiger charge is 2.11. The number of carbonyl (C=O) groups excluding carboxylic acids is 2. The molecule has 0 aliphatic carbocycles. The van der Waals surface area contributed by atoms with Crippen LogP contribution in [0.3, 0.4) is 0 Å². The van der Waals surface area contributed by atoms with Crippen molar-refractivity contribution in [2.45, 2.75) is 52.7 Å². The Bertz CT molecular complexity index is 772.